The van der Waals surface area contributed by atoms with Crippen LogP contribution >= 0.6 is 11.6 Å². The number of hydrogen-bond donors (Lipinski definition) is 1. The molecule has 0 saturated heterocycles. The van der Waals surface area contributed by atoms with Crippen LogP contribution in [0, 0.1) is 24.0 Å². The van der Waals surface area contributed by atoms with E-state index < -0.39 is 29.0 Å². The minimum absolute atomic E-state index is 0.0551. The zero-order valence-electron chi connectivity index (χ0n) is 13.7. The molecular weight excluding hydrogens is 368 g/mol. The first-order valence-electron chi connectivity index (χ1n) is 7.21. The van der Waals surface area contributed by atoms with Crippen molar-refractivity contribution in [2.75, 3.05) is 11.9 Å². The Morgan fingerprint density at radius 1 is 1.31 bits per heavy atom. The van der Waals surface area contributed by atoms with Gasteiger partial charge in [-0.2, -0.15) is 0 Å². The maximum atomic E-state index is 12.1. The molecule has 9 nitrogen and oxygen atoms in total. The number of carbonyl (C=O) groups excluding carboxylic acids is 2. The number of amides is 1. The highest BCUT2D eigenvalue weighted by Gasteiger charge is 2.19. The molecule has 0 spiro atoms. The predicted octanol–water partition coefficient (Wildman–Crippen LogP) is 2.61. The minimum Gasteiger partial charge on any atom is -0.452 e. The number of carbonyl (C=O) groups is 2. The Hall–Kier alpha value is -3.20. The fraction of sp³-hybridized carbons (Fsp3) is 0.188. The highest BCUT2D eigenvalue weighted by atomic mass is 35.5. The van der Waals surface area contributed by atoms with Gasteiger partial charge in [0, 0.05) is 17.8 Å². The highest BCUT2D eigenvalue weighted by molar-refractivity contribution is 6.32. The third-order valence-corrected chi connectivity index (χ3v) is 3.62. The summed E-state index contributed by atoms with van der Waals surface area (Å²) < 4.78 is 9.72. The van der Waals surface area contributed by atoms with E-state index in [1.165, 1.54) is 26.0 Å². The first kappa shape index (κ1) is 19.1. The molecule has 0 fully saturated rings. The van der Waals surface area contributed by atoms with Gasteiger partial charge in [0.05, 0.1) is 4.92 Å². The Balaban J connectivity index is 2.03. The fourth-order valence-electron chi connectivity index (χ4n) is 2.19. The van der Waals surface area contributed by atoms with Crippen LogP contribution in [-0.2, 0) is 9.53 Å². The van der Waals surface area contributed by atoms with E-state index >= 15 is 0 Å². The van der Waals surface area contributed by atoms with Gasteiger partial charge in [0.2, 0.25) is 0 Å². The van der Waals surface area contributed by atoms with Gasteiger partial charge >= 0.3 is 11.6 Å². The summed E-state index contributed by atoms with van der Waals surface area (Å²) in [5.41, 5.74) is -0.428. The number of aryl methyl sites for hydroxylation is 2. The molecule has 1 heterocycles. The SMILES string of the molecule is Cc1cc(=O)oc(C)c1C(=O)OCC(=O)Nc1ccc(Cl)c([N+](=O)[O-])c1. The van der Waals surface area contributed by atoms with Gasteiger partial charge in [0.1, 0.15) is 16.3 Å². The molecule has 10 heteroatoms. The number of hydrogen-bond acceptors (Lipinski definition) is 7. The average Bonchev–Trinajstić information content (AvgIpc) is 2.53. The molecule has 1 aromatic carbocycles. The Labute approximate surface area is 151 Å². The van der Waals surface area contributed by atoms with E-state index in [1.807, 2.05) is 0 Å². The molecule has 0 unspecified atom stereocenters. The van der Waals surface area contributed by atoms with Gasteiger partial charge in [0.25, 0.3) is 11.6 Å². The van der Waals surface area contributed by atoms with Crippen molar-refractivity contribution in [1.82, 2.24) is 0 Å². The second-order valence-electron chi connectivity index (χ2n) is 5.23. The van der Waals surface area contributed by atoms with E-state index in [4.69, 9.17) is 20.8 Å². The van der Waals surface area contributed by atoms with Gasteiger partial charge in [-0.25, -0.2) is 9.59 Å². The number of nitrogens with zero attached hydrogens (tertiary/aromatic N) is 1. The normalized spacial score (nSPS) is 10.3. The van der Waals surface area contributed by atoms with Crippen LogP contribution in [0.1, 0.15) is 21.7 Å². The second kappa shape index (κ2) is 7.79. The van der Waals surface area contributed by atoms with Crippen molar-refractivity contribution in [1.29, 1.82) is 0 Å². The van der Waals surface area contributed by atoms with Crippen LogP contribution in [0.4, 0.5) is 11.4 Å². The van der Waals surface area contributed by atoms with Gasteiger partial charge in [-0.05, 0) is 31.5 Å². The molecule has 2 aromatic rings. The summed E-state index contributed by atoms with van der Waals surface area (Å²) in [7, 11) is 0. The molecule has 136 valence electrons. The Kier molecular flexibility index (Phi) is 5.73. The molecule has 1 aromatic heterocycles. The third-order valence-electron chi connectivity index (χ3n) is 3.30. The minimum atomic E-state index is -0.832. The van der Waals surface area contributed by atoms with Crippen molar-refractivity contribution in [2.45, 2.75) is 13.8 Å². The number of ether oxygens (including phenoxy) is 1. The molecule has 0 aliphatic heterocycles. The standard InChI is InChI=1S/C16H13ClN2O7/c1-8-5-14(21)26-9(2)15(8)16(22)25-7-13(20)18-10-3-4-11(17)12(6-10)19(23)24/h3-6H,7H2,1-2H3,(H,18,20). The number of nitrogens with one attached hydrogen (secondary N) is 1. The average molecular weight is 381 g/mol. The lowest BCUT2D eigenvalue weighted by Crippen LogP contribution is -2.22. The lowest BCUT2D eigenvalue weighted by molar-refractivity contribution is -0.384. The van der Waals surface area contributed by atoms with E-state index in [9.17, 15) is 24.5 Å². The van der Waals surface area contributed by atoms with Crippen molar-refractivity contribution in [3.8, 4) is 0 Å². The number of nitro groups is 1. The van der Waals surface area contributed by atoms with Crippen LogP contribution in [0.15, 0.2) is 33.5 Å². The topological polar surface area (TPSA) is 129 Å². The van der Waals surface area contributed by atoms with Gasteiger partial charge in [0.15, 0.2) is 6.61 Å². The Morgan fingerprint density at radius 2 is 2.00 bits per heavy atom. The van der Waals surface area contributed by atoms with E-state index in [-0.39, 0.29) is 27.7 Å². The van der Waals surface area contributed by atoms with Gasteiger partial charge in [-0.3, -0.25) is 14.9 Å². The molecule has 0 bridgehead atoms. The zero-order valence-corrected chi connectivity index (χ0v) is 14.5. The first-order chi connectivity index (χ1) is 12.2. The summed E-state index contributed by atoms with van der Waals surface area (Å²) in [4.78, 5) is 45.3. The van der Waals surface area contributed by atoms with Crippen LogP contribution in [0.25, 0.3) is 0 Å². The van der Waals surface area contributed by atoms with Crippen molar-refractivity contribution >= 4 is 34.9 Å². The van der Waals surface area contributed by atoms with Crippen molar-refractivity contribution in [3.05, 3.63) is 66.7 Å². The van der Waals surface area contributed by atoms with E-state index in [0.717, 1.165) is 12.1 Å². The summed E-state index contributed by atoms with van der Waals surface area (Å²) in [5.74, 6) is -1.46. The quantitative estimate of drug-likeness (QED) is 0.479. The summed E-state index contributed by atoms with van der Waals surface area (Å²) in [5, 5.41) is 13.1. The summed E-state index contributed by atoms with van der Waals surface area (Å²) >= 11 is 5.68. The van der Waals surface area contributed by atoms with Crippen molar-refractivity contribution in [2.24, 2.45) is 0 Å². The molecular formula is C16H13ClN2O7. The molecule has 0 aliphatic rings. The molecule has 26 heavy (non-hydrogen) atoms. The highest BCUT2D eigenvalue weighted by Crippen LogP contribution is 2.27. The molecule has 0 radical (unpaired) electrons. The monoisotopic (exact) mass is 380 g/mol. The largest absolute Gasteiger partial charge is 0.452 e. The van der Waals surface area contributed by atoms with E-state index in [2.05, 4.69) is 5.32 Å². The van der Waals surface area contributed by atoms with Gasteiger partial charge in [-0.1, -0.05) is 11.6 Å². The van der Waals surface area contributed by atoms with Crippen molar-refractivity contribution < 1.29 is 23.7 Å². The lowest BCUT2D eigenvalue weighted by atomic mass is 10.1. The number of benzene rings is 1. The van der Waals surface area contributed by atoms with Crippen LogP contribution in [0.2, 0.25) is 5.02 Å². The molecule has 0 saturated carbocycles. The Bertz CT molecular complexity index is 926. The number of rotatable bonds is 5. The number of esters is 1. The number of nitro benzene ring substituents is 1. The maximum Gasteiger partial charge on any atom is 0.342 e. The number of anilines is 1. The summed E-state index contributed by atoms with van der Waals surface area (Å²) in [6.45, 7) is 2.33. The Morgan fingerprint density at radius 3 is 2.62 bits per heavy atom. The van der Waals surface area contributed by atoms with Crippen molar-refractivity contribution in [3.63, 3.8) is 0 Å². The molecule has 1 amide bonds. The van der Waals surface area contributed by atoms with E-state index in [1.54, 1.807) is 0 Å². The van der Waals surface area contributed by atoms with Gasteiger partial charge < -0.3 is 14.5 Å². The lowest BCUT2D eigenvalue weighted by Gasteiger charge is -2.09. The molecule has 0 atom stereocenters. The van der Waals surface area contributed by atoms with Crippen LogP contribution in [-0.4, -0.2) is 23.4 Å². The predicted molar refractivity (Wildman–Crippen MR) is 91.5 cm³/mol. The summed E-state index contributed by atoms with van der Waals surface area (Å²) in [6.07, 6.45) is 0. The maximum absolute atomic E-state index is 12.1. The van der Waals surface area contributed by atoms with E-state index in [0.29, 0.717) is 5.56 Å². The number of halogens is 1. The van der Waals surface area contributed by atoms with Crippen LogP contribution in [0.5, 0.6) is 0 Å². The summed E-state index contributed by atoms with van der Waals surface area (Å²) in [6, 6.07) is 4.86. The van der Waals surface area contributed by atoms with Crippen LogP contribution in [0.3, 0.4) is 0 Å². The fourth-order valence-corrected chi connectivity index (χ4v) is 2.38. The van der Waals surface area contributed by atoms with Crippen LogP contribution < -0.4 is 10.9 Å². The zero-order chi connectivity index (χ0) is 19.4. The third kappa shape index (κ3) is 4.45. The molecule has 0 aliphatic carbocycles. The first-order valence-corrected chi connectivity index (χ1v) is 7.59. The molecule has 2 rings (SSSR count). The molecule has 1 N–H and O–H groups in total. The second-order valence-corrected chi connectivity index (χ2v) is 5.63. The smallest absolute Gasteiger partial charge is 0.342 e. The van der Waals surface area contributed by atoms with Gasteiger partial charge in [-0.15, -0.1) is 0 Å².